The summed E-state index contributed by atoms with van der Waals surface area (Å²) < 4.78 is 102. The van der Waals surface area contributed by atoms with Crippen LogP contribution >= 0.6 is 0 Å². The zero-order valence-corrected chi connectivity index (χ0v) is 40.0. The molecule has 0 aromatic heterocycles. The van der Waals surface area contributed by atoms with Crippen molar-refractivity contribution in [3.8, 4) is 11.5 Å². The standard InChI is InChI=1S/C25H33F3N2O4.C25H33F3N2O3/c1-15(2)30(16-8-6-5-7-9-16)22(31)18-12-20-21(13-19(18)25(26,27)28)34-24(3,4)23(32)29(20)11-10-17-14-33-17;1-6-7-13-29-20-14-18(22(31)30(16(2)3)17-11-9-8-10-12-17)19(25(26,27)28)15-21(20)33-24(4,5)23(29)32/h12-13,15-17H,5-11,14H2,1-4H3;6,14-17H,1,7-13H2,2-5H3. The SMILES string of the molecule is C=CCCN1C(=O)C(C)(C)Oc2cc(C(F)(F)F)c(C(=O)N(C(C)C)C3CCCCC3)cc21.CC(C)N(C(=O)c1cc2c(cc1C(F)(F)F)OC(C)(C)C(=O)N2CCC1CO1)C1CCCCC1. The third-order valence-electron chi connectivity index (χ3n) is 13.3. The Labute approximate surface area is 390 Å². The summed E-state index contributed by atoms with van der Waals surface area (Å²) in [6.45, 7) is 18.2. The van der Waals surface area contributed by atoms with Crippen LogP contribution in [0.4, 0.5) is 37.7 Å². The van der Waals surface area contributed by atoms with Crippen molar-refractivity contribution < 1.29 is 59.7 Å². The second-order valence-electron chi connectivity index (χ2n) is 19.9. The topological polar surface area (TPSA) is 112 Å². The molecule has 1 unspecified atom stereocenters. The van der Waals surface area contributed by atoms with Gasteiger partial charge in [0.1, 0.15) is 11.5 Å². The van der Waals surface area contributed by atoms with E-state index in [0.717, 1.165) is 76.3 Å². The van der Waals surface area contributed by atoms with E-state index in [1.165, 1.54) is 49.6 Å². The van der Waals surface area contributed by atoms with E-state index in [4.69, 9.17) is 14.2 Å². The molecule has 0 bridgehead atoms. The number of hydrogen-bond donors (Lipinski definition) is 0. The van der Waals surface area contributed by atoms with Gasteiger partial charge >= 0.3 is 12.4 Å². The van der Waals surface area contributed by atoms with Crippen LogP contribution in [0.15, 0.2) is 36.9 Å². The number of carbonyl (C=O) groups excluding carboxylic acids is 4. The Hall–Kier alpha value is -4.80. The van der Waals surface area contributed by atoms with Gasteiger partial charge in [-0.1, -0.05) is 44.6 Å². The fraction of sp³-hybridized carbons (Fsp3) is 0.640. The summed E-state index contributed by atoms with van der Waals surface area (Å²) in [6, 6.07) is 3.44. The average molecular weight is 949 g/mol. The van der Waals surface area contributed by atoms with E-state index < -0.39 is 57.6 Å². The molecule has 370 valence electrons. The second-order valence-corrected chi connectivity index (χ2v) is 19.9. The molecule has 4 amide bonds. The molecule has 7 rings (SSSR count). The monoisotopic (exact) mass is 948 g/mol. The quantitative estimate of drug-likeness (QED) is 0.118. The van der Waals surface area contributed by atoms with E-state index in [1.54, 1.807) is 15.9 Å². The fourth-order valence-electron chi connectivity index (χ4n) is 9.86. The molecular formula is C50H66F6N4O7. The van der Waals surface area contributed by atoms with Crippen molar-refractivity contribution in [2.45, 2.75) is 186 Å². The van der Waals surface area contributed by atoms with Gasteiger partial charge in [-0.3, -0.25) is 19.2 Å². The molecule has 1 atom stereocenters. The van der Waals surface area contributed by atoms with Crippen molar-refractivity contribution in [3.05, 3.63) is 59.2 Å². The van der Waals surface area contributed by atoms with Crippen LogP contribution in [0.1, 0.15) is 164 Å². The third-order valence-corrected chi connectivity index (χ3v) is 13.3. The highest BCUT2D eigenvalue weighted by Gasteiger charge is 2.47. The summed E-state index contributed by atoms with van der Waals surface area (Å²) in [5.74, 6) is -2.14. The van der Waals surface area contributed by atoms with Gasteiger partial charge in [0.2, 0.25) is 0 Å². The molecule has 0 N–H and O–H groups in total. The summed E-state index contributed by atoms with van der Waals surface area (Å²) in [5.41, 5.74) is -5.21. The van der Waals surface area contributed by atoms with Gasteiger partial charge in [-0.05, 0) is 118 Å². The van der Waals surface area contributed by atoms with Gasteiger partial charge in [0, 0.05) is 37.3 Å². The summed E-state index contributed by atoms with van der Waals surface area (Å²) in [5, 5.41) is 0. The molecule has 5 aliphatic rings. The maximum Gasteiger partial charge on any atom is 0.417 e. The normalized spacial score (nSPS) is 20.6. The number of fused-ring (bicyclic) bond motifs is 2. The third kappa shape index (κ3) is 11.4. The lowest BCUT2D eigenvalue weighted by Gasteiger charge is -2.40. The second kappa shape index (κ2) is 20.0. The Balaban J connectivity index is 0.000000221. The van der Waals surface area contributed by atoms with E-state index in [2.05, 4.69) is 6.58 Å². The number of nitrogens with zero attached hydrogens (tertiary/aromatic N) is 4. The molecule has 2 aromatic rings. The van der Waals surface area contributed by atoms with Crippen LogP contribution in [-0.4, -0.2) is 94.6 Å². The number of rotatable bonds is 12. The maximum atomic E-state index is 14.2. The molecule has 1 saturated heterocycles. The fourth-order valence-corrected chi connectivity index (χ4v) is 9.86. The van der Waals surface area contributed by atoms with Crippen molar-refractivity contribution >= 4 is 35.0 Å². The molecule has 0 spiro atoms. The lowest BCUT2D eigenvalue weighted by molar-refractivity contribution is -0.139. The van der Waals surface area contributed by atoms with Crippen LogP contribution in [0.3, 0.4) is 0 Å². The minimum atomic E-state index is -4.75. The number of halogens is 6. The number of benzene rings is 2. The molecule has 0 radical (unpaired) electrons. The highest BCUT2D eigenvalue weighted by atomic mass is 19.4. The predicted molar refractivity (Wildman–Crippen MR) is 243 cm³/mol. The van der Waals surface area contributed by atoms with Crippen LogP contribution < -0.4 is 19.3 Å². The van der Waals surface area contributed by atoms with Crippen LogP contribution in [0, 0.1) is 0 Å². The van der Waals surface area contributed by atoms with Crippen molar-refractivity contribution in [2.24, 2.45) is 0 Å². The number of anilines is 2. The zero-order chi connectivity index (χ0) is 49.4. The van der Waals surface area contributed by atoms with Crippen LogP contribution in [0.5, 0.6) is 11.5 Å². The average Bonchev–Trinajstić information content (AvgIpc) is 4.08. The Morgan fingerprint density at radius 1 is 0.687 bits per heavy atom. The largest absolute Gasteiger partial charge is 0.476 e. The predicted octanol–water partition coefficient (Wildman–Crippen LogP) is 11.2. The molecule has 2 saturated carbocycles. The van der Waals surface area contributed by atoms with E-state index in [9.17, 15) is 45.5 Å². The Kier molecular flexibility index (Phi) is 15.4. The first-order valence-corrected chi connectivity index (χ1v) is 23.7. The van der Waals surface area contributed by atoms with Gasteiger partial charge in [0.25, 0.3) is 23.6 Å². The van der Waals surface area contributed by atoms with Crippen LogP contribution in [-0.2, 0) is 26.7 Å². The lowest BCUT2D eigenvalue weighted by Crippen LogP contribution is -2.53. The first-order valence-electron chi connectivity index (χ1n) is 23.7. The van der Waals surface area contributed by atoms with Gasteiger partial charge in [0.05, 0.1) is 46.3 Å². The molecule has 3 fully saturated rings. The van der Waals surface area contributed by atoms with Crippen molar-refractivity contribution in [2.75, 3.05) is 29.5 Å². The number of ether oxygens (including phenoxy) is 3. The summed E-state index contributed by atoms with van der Waals surface area (Å²) in [6.07, 6.45) is 2.22. The van der Waals surface area contributed by atoms with Gasteiger partial charge in [-0.15, -0.1) is 6.58 Å². The van der Waals surface area contributed by atoms with Gasteiger partial charge < -0.3 is 33.8 Å². The molecule has 2 aliphatic carbocycles. The lowest BCUT2D eigenvalue weighted by atomic mass is 9.92. The molecule has 17 heteroatoms. The highest BCUT2D eigenvalue weighted by Crippen LogP contribution is 2.47. The number of carbonyl (C=O) groups is 4. The Bertz CT molecular complexity index is 2170. The minimum absolute atomic E-state index is 0.0421. The molecular weight excluding hydrogens is 883 g/mol. The highest BCUT2D eigenvalue weighted by molar-refractivity contribution is 6.06. The van der Waals surface area contributed by atoms with Crippen LogP contribution in [0.2, 0.25) is 0 Å². The first-order chi connectivity index (χ1) is 31.3. The number of amides is 4. The summed E-state index contributed by atoms with van der Waals surface area (Å²) in [7, 11) is 0. The summed E-state index contributed by atoms with van der Waals surface area (Å²) in [4.78, 5) is 59.5. The van der Waals surface area contributed by atoms with Crippen LogP contribution in [0.25, 0.3) is 0 Å². The molecule has 2 aromatic carbocycles. The summed E-state index contributed by atoms with van der Waals surface area (Å²) >= 11 is 0. The molecule has 3 aliphatic heterocycles. The molecule has 11 nitrogen and oxygen atoms in total. The van der Waals surface area contributed by atoms with E-state index in [-0.39, 0.29) is 78.0 Å². The van der Waals surface area contributed by atoms with E-state index in [1.807, 2.05) is 27.7 Å². The zero-order valence-electron chi connectivity index (χ0n) is 40.0. The maximum absolute atomic E-state index is 14.2. The van der Waals surface area contributed by atoms with Gasteiger partial charge in [0.15, 0.2) is 11.2 Å². The van der Waals surface area contributed by atoms with E-state index in [0.29, 0.717) is 19.4 Å². The number of alkyl halides is 6. The smallest absolute Gasteiger partial charge is 0.417 e. The Morgan fingerprint density at radius 2 is 1.06 bits per heavy atom. The van der Waals surface area contributed by atoms with Crippen molar-refractivity contribution in [1.82, 2.24) is 9.80 Å². The van der Waals surface area contributed by atoms with Gasteiger partial charge in [-0.25, -0.2) is 0 Å². The van der Waals surface area contributed by atoms with E-state index >= 15 is 0 Å². The minimum Gasteiger partial charge on any atom is -0.476 e. The van der Waals surface area contributed by atoms with Gasteiger partial charge in [-0.2, -0.15) is 26.3 Å². The number of hydrogen-bond acceptors (Lipinski definition) is 7. The Morgan fingerprint density at radius 3 is 1.39 bits per heavy atom. The van der Waals surface area contributed by atoms with Crippen molar-refractivity contribution in [1.29, 1.82) is 0 Å². The number of epoxide rings is 1. The molecule has 3 heterocycles. The first kappa shape index (κ1) is 51.6. The van der Waals surface area contributed by atoms with Crippen molar-refractivity contribution in [3.63, 3.8) is 0 Å². The molecule has 67 heavy (non-hydrogen) atoms.